The molecule has 3 N–H and O–H groups in total. The van der Waals surface area contributed by atoms with Gasteiger partial charge in [0.1, 0.15) is 5.69 Å². The summed E-state index contributed by atoms with van der Waals surface area (Å²) < 4.78 is 33.4. The fourth-order valence-electron chi connectivity index (χ4n) is 2.91. The van der Waals surface area contributed by atoms with E-state index in [0.717, 1.165) is 0 Å². The number of ether oxygens (including phenoxy) is 1. The van der Waals surface area contributed by atoms with E-state index in [-0.39, 0.29) is 29.2 Å². The van der Waals surface area contributed by atoms with E-state index in [2.05, 4.69) is 31.8 Å². The van der Waals surface area contributed by atoms with Crippen LogP contribution in [0.15, 0.2) is 39.8 Å². The number of hydrogen-bond acceptors (Lipinski definition) is 5. The molecule has 3 rings (SSSR count). The average Bonchev–Trinajstić information content (AvgIpc) is 3.18. The molecule has 0 unspecified atom stereocenters. The van der Waals surface area contributed by atoms with Crippen molar-refractivity contribution in [3.05, 3.63) is 51.8 Å². The van der Waals surface area contributed by atoms with Crippen molar-refractivity contribution in [3.8, 4) is 0 Å². The molecule has 156 valence electrons. The normalized spacial score (nSPS) is 15.1. The number of aromatic nitrogens is 1. The predicted octanol–water partition coefficient (Wildman–Crippen LogP) is 1.44. The maximum Gasteiger partial charge on any atom is 0.286 e. The van der Waals surface area contributed by atoms with Crippen molar-refractivity contribution in [1.29, 1.82) is 0 Å². The minimum absolute atomic E-state index is 0.0918. The van der Waals surface area contributed by atoms with E-state index in [9.17, 15) is 18.0 Å². The van der Waals surface area contributed by atoms with Gasteiger partial charge >= 0.3 is 0 Å². The Bertz CT molecular complexity index is 1020. The Morgan fingerprint density at radius 1 is 1.17 bits per heavy atom. The highest BCUT2D eigenvalue weighted by Crippen LogP contribution is 2.23. The first kappa shape index (κ1) is 21.5. The van der Waals surface area contributed by atoms with Crippen molar-refractivity contribution < 1.29 is 22.7 Å². The number of sulfonamides is 1. The lowest BCUT2D eigenvalue weighted by Crippen LogP contribution is -2.42. The second-order valence-corrected chi connectivity index (χ2v) is 9.15. The molecule has 2 amide bonds. The standard InChI is InChI=1S/C18H21BrN4O5S/c1-2-12-3-4-13(9-16(12)29(26,27)23-5-7-28-8-6-23)17(24)21-22-18(25)15-10-14(19)11-20-15/h3-4,9-11,20H,2,5-8H2,1H3,(H,21,24)(H,22,25). The van der Waals surface area contributed by atoms with Gasteiger partial charge in [-0.3, -0.25) is 20.4 Å². The summed E-state index contributed by atoms with van der Waals surface area (Å²) in [5.74, 6) is -1.15. The van der Waals surface area contributed by atoms with E-state index < -0.39 is 21.8 Å². The van der Waals surface area contributed by atoms with Gasteiger partial charge in [0.25, 0.3) is 11.8 Å². The fourth-order valence-corrected chi connectivity index (χ4v) is 4.98. The lowest BCUT2D eigenvalue weighted by molar-refractivity contribution is 0.0730. The first-order valence-corrected chi connectivity index (χ1v) is 11.2. The van der Waals surface area contributed by atoms with Crippen LogP contribution in [0.4, 0.5) is 0 Å². The van der Waals surface area contributed by atoms with E-state index >= 15 is 0 Å². The second-order valence-electron chi connectivity index (χ2n) is 6.33. The number of halogens is 1. The van der Waals surface area contributed by atoms with Crippen LogP contribution in [-0.4, -0.2) is 55.8 Å². The first-order chi connectivity index (χ1) is 13.8. The van der Waals surface area contributed by atoms with Crippen LogP contribution in [0.3, 0.4) is 0 Å². The van der Waals surface area contributed by atoms with Crippen molar-refractivity contribution >= 4 is 37.8 Å². The topological polar surface area (TPSA) is 121 Å². The van der Waals surface area contributed by atoms with E-state index in [0.29, 0.717) is 29.7 Å². The third-order valence-corrected chi connectivity index (χ3v) is 6.92. The number of nitrogens with one attached hydrogen (secondary N) is 3. The smallest absolute Gasteiger partial charge is 0.286 e. The number of H-pyrrole nitrogens is 1. The van der Waals surface area contributed by atoms with Crippen molar-refractivity contribution in [2.24, 2.45) is 0 Å². The molecular formula is C18H21BrN4O5S. The molecule has 0 bridgehead atoms. The van der Waals surface area contributed by atoms with Crippen LogP contribution >= 0.6 is 15.9 Å². The Labute approximate surface area is 177 Å². The maximum absolute atomic E-state index is 13.1. The molecule has 0 spiro atoms. The van der Waals surface area contributed by atoms with Gasteiger partial charge in [-0.2, -0.15) is 4.31 Å². The van der Waals surface area contributed by atoms with Crippen molar-refractivity contribution in [2.45, 2.75) is 18.2 Å². The van der Waals surface area contributed by atoms with Crippen LogP contribution in [-0.2, 0) is 21.2 Å². The minimum Gasteiger partial charge on any atom is -0.379 e. The molecule has 1 saturated heterocycles. The van der Waals surface area contributed by atoms with Crippen LogP contribution in [0.2, 0.25) is 0 Å². The molecule has 1 aromatic heterocycles. The molecule has 2 heterocycles. The van der Waals surface area contributed by atoms with E-state index in [1.807, 2.05) is 6.92 Å². The molecule has 1 aromatic carbocycles. The Morgan fingerprint density at radius 3 is 2.48 bits per heavy atom. The van der Waals surface area contributed by atoms with E-state index in [1.54, 1.807) is 18.3 Å². The molecule has 0 saturated carbocycles. The van der Waals surface area contributed by atoms with Crippen LogP contribution in [0.5, 0.6) is 0 Å². The number of aryl methyl sites for hydroxylation is 1. The molecule has 1 aliphatic heterocycles. The summed E-state index contributed by atoms with van der Waals surface area (Å²) in [6, 6.07) is 6.05. The van der Waals surface area contributed by atoms with Crippen molar-refractivity contribution in [2.75, 3.05) is 26.3 Å². The van der Waals surface area contributed by atoms with Crippen molar-refractivity contribution in [1.82, 2.24) is 20.1 Å². The van der Waals surface area contributed by atoms with Gasteiger partial charge in [0.15, 0.2) is 0 Å². The first-order valence-electron chi connectivity index (χ1n) is 8.98. The fraction of sp³-hybridized carbons (Fsp3) is 0.333. The molecule has 1 fully saturated rings. The predicted molar refractivity (Wildman–Crippen MR) is 109 cm³/mol. The summed E-state index contributed by atoms with van der Waals surface area (Å²) in [7, 11) is -3.76. The van der Waals surface area contributed by atoms with Gasteiger partial charge in [-0.25, -0.2) is 8.42 Å². The average molecular weight is 485 g/mol. The van der Waals surface area contributed by atoms with Crippen LogP contribution < -0.4 is 10.9 Å². The highest BCUT2D eigenvalue weighted by Gasteiger charge is 2.29. The monoisotopic (exact) mass is 484 g/mol. The molecule has 0 radical (unpaired) electrons. The molecule has 0 aliphatic carbocycles. The molecule has 9 nitrogen and oxygen atoms in total. The zero-order chi connectivity index (χ0) is 21.0. The summed E-state index contributed by atoms with van der Waals surface area (Å²) >= 11 is 3.22. The third kappa shape index (κ3) is 4.86. The number of benzene rings is 1. The Hall–Kier alpha value is -2.21. The number of amides is 2. The molecular weight excluding hydrogens is 464 g/mol. The number of rotatable bonds is 5. The van der Waals surface area contributed by atoms with Gasteiger partial charge in [-0.05, 0) is 46.1 Å². The Morgan fingerprint density at radius 2 is 1.86 bits per heavy atom. The minimum atomic E-state index is -3.76. The second kappa shape index (κ2) is 9.08. The molecule has 29 heavy (non-hydrogen) atoms. The number of hydrazine groups is 1. The van der Waals surface area contributed by atoms with Gasteiger partial charge in [0, 0.05) is 29.3 Å². The lowest BCUT2D eigenvalue weighted by atomic mass is 10.1. The van der Waals surface area contributed by atoms with E-state index in [4.69, 9.17) is 4.74 Å². The number of hydrogen-bond donors (Lipinski definition) is 3. The van der Waals surface area contributed by atoms with Crippen LogP contribution in [0, 0.1) is 0 Å². The number of morpholine rings is 1. The lowest BCUT2D eigenvalue weighted by Gasteiger charge is -2.27. The quantitative estimate of drug-likeness (QED) is 0.554. The summed E-state index contributed by atoms with van der Waals surface area (Å²) in [5, 5.41) is 0. The van der Waals surface area contributed by atoms with Gasteiger partial charge in [0.05, 0.1) is 18.1 Å². The Kier molecular flexibility index (Phi) is 6.73. The summed E-state index contributed by atoms with van der Waals surface area (Å²) in [5.41, 5.74) is 5.60. The highest BCUT2D eigenvalue weighted by atomic mass is 79.9. The molecule has 1 aliphatic rings. The number of carbonyl (C=O) groups is 2. The number of carbonyl (C=O) groups excluding carboxylic acids is 2. The van der Waals surface area contributed by atoms with E-state index in [1.165, 1.54) is 16.4 Å². The van der Waals surface area contributed by atoms with Gasteiger partial charge < -0.3 is 9.72 Å². The van der Waals surface area contributed by atoms with Gasteiger partial charge in [-0.1, -0.05) is 13.0 Å². The molecule has 11 heteroatoms. The maximum atomic E-state index is 13.1. The van der Waals surface area contributed by atoms with Gasteiger partial charge in [-0.15, -0.1) is 0 Å². The SMILES string of the molecule is CCc1ccc(C(=O)NNC(=O)c2cc(Br)c[nH]2)cc1S(=O)(=O)N1CCOCC1. The van der Waals surface area contributed by atoms with Gasteiger partial charge in [0.2, 0.25) is 10.0 Å². The number of aromatic amines is 1. The van der Waals surface area contributed by atoms with Crippen molar-refractivity contribution in [3.63, 3.8) is 0 Å². The third-order valence-electron chi connectivity index (χ3n) is 4.48. The van der Waals surface area contributed by atoms with Crippen LogP contribution in [0.25, 0.3) is 0 Å². The summed E-state index contributed by atoms with van der Waals surface area (Å²) in [6.45, 7) is 3.05. The van der Waals surface area contributed by atoms with Crippen LogP contribution in [0.1, 0.15) is 33.3 Å². The molecule has 2 aromatic rings. The largest absolute Gasteiger partial charge is 0.379 e. The Balaban J connectivity index is 1.78. The zero-order valence-corrected chi connectivity index (χ0v) is 18.1. The zero-order valence-electron chi connectivity index (χ0n) is 15.7. The molecule has 0 atom stereocenters. The number of nitrogens with zero attached hydrogens (tertiary/aromatic N) is 1. The highest BCUT2D eigenvalue weighted by molar-refractivity contribution is 9.10. The summed E-state index contributed by atoms with van der Waals surface area (Å²) in [4.78, 5) is 27.3. The summed E-state index contributed by atoms with van der Waals surface area (Å²) in [6.07, 6.45) is 2.09.